The number of Topliss-reactive ketones (excluding diaryl/α,β-unsaturated/α-hetero) is 1. The van der Waals surface area contributed by atoms with Gasteiger partial charge in [0.25, 0.3) is 0 Å². The van der Waals surface area contributed by atoms with Crippen LogP contribution in [0.3, 0.4) is 0 Å². The molecule has 2 N–H and O–H groups in total. The minimum Gasteiger partial charge on any atom is -0.324 e. The quantitative estimate of drug-likeness (QED) is 0.799. The summed E-state index contributed by atoms with van der Waals surface area (Å²) < 4.78 is 0. The van der Waals surface area contributed by atoms with Gasteiger partial charge >= 0.3 is 0 Å². The van der Waals surface area contributed by atoms with Crippen molar-refractivity contribution in [1.29, 1.82) is 0 Å². The molecule has 0 atom stereocenters. The summed E-state index contributed by atoms with van der Waals surface area (Å²) in [7, 11) is 0. The molecule has 0 spiro atoms. The fourth-order valence-corrected chi connectivity index (χ4v) is 3.68. The molecule has 2 fully saturated rings. The zero-order chi connectivity index (χ0) is 11.4. The fourth-order valence-electron chi connectivity index (χ4n) is 3.68. The zero-order valence-electron chi connectivity index (χ0n) is 10.3. The van der Waals surface area contributed by atoms with Crippen LogP contribution in [0.1, 0.15) is 57.8 Å². The largest absolute Gasteiger partial charge is 0.324 e. The molecule has 0 heterocycles. The van der Waals surface area contributed by atoms with Crippen LogP contribution in [0.4, 0.5) is 0 Å². The molecule has 16 heavy (non-hydrogen) atoms. The number of carbonyl (C=O) groups is 1. The molecular formula is C14H25NO. The van der Waals surface area contributed by atoms with Crippen LogP contribution in [0, 0.1) is 17.8 Å². The van der Waals surface area contributed by atoms with Crippen molar-refractivity contribution in [2.75, 3.05) is 6.54 Å². The first kappa shape index (κ1) is 12.1. The van der Waals surface area contributed by atoms with Crippen LogP contribution in [-0.2, 0) is 4.79 Å². The van der Waals surface area contributed by atoms with E-state index in [9.17, 15) is 4.79 Å². The summed E-state index contributed by atoms with van der Waals surface area (Å²) in [6.07, 6.45) is 12.0. The second-order valence-electron chi connectivity index (χ2n) is 5.68. The molecule has 2 saturated carbocycles. The lowest BCUT2D eigenvalue weighted by atomic mass is 9.70. The summed E-state index contributed by atoms with van der Waals surface area (Å²) in [6, 6.07) is 0. The van der Waals surface area contributed by atoms with E-state index in [4.69, 9.17) is 5.73 Å². The van der Waals surface area contributed by atoms with E-state index in [2.05, 4.69) is 0 Å². The third kappa shape index (κ3) is 2.85. The highest BCUT2D eigenvalue weighted by molar-refractivity contribution is 5.82. The molecule has 0 aromatic carbocycles. The SMILES string of the molecule is NCC(=O)C1CCC(C2CCCCC2)CC1. The third-order valence-corrected chi connectivity index (χ3v) is 4.74. The van der Waals surface area contributed by atoms with Crippen molar-refractivity contribution >= 4 is 5.78 Å². The van der Waals surface area contributed by atoms with Gasteiger partial charge in [0.1, 0.15) is 5.78 Å². The van der Waals surface area contributed by atoms with Gasteiger partial charge in [-0.1, -0.05) is 32.1 Å². The van der Waals surface area contributed by atoms with Crippen molar-refractivity contribution in [3.63, 3.8) is 0 Å². The van der Waals surface area contributed by atoms with Gasteiger partial charge in [0, 0.05) is 5.92 Å². The Morgan fingerprint density at radius 2 is 1.44 bits per heavy atom. The Morgan fingerprint density at radius 1 is 0.875 bits per heavy atom. The van der Waals surface area contributed by atoms with Crippen LogP contribution in [0.25, 0.3) is 0 Å². The van der Waals surface area contributed by atoms with Gasteiger partial charge in [0.15, 0.2) is 0 Å². The van der Waals surface area contributed by atoms with Crippen molar-refractivity contribution in [1.82, 2.24) is 0 Å². The van der Waals surface area contributed by atoms with Gasteiger partial charge in [-0.05, 0) is 37.5 Å². The van der Waals surface area contributed by atoms with Gasteiger partial charge in [0.05, 0.1) is 6.54 Å². The standard InChI is InChI=1S/C14H25NO/c15-10-14(16)13-8-6-12(7-9-13)11-4-2-1-3-5-11/h11-13H,1-10,15H2. The molecule has 2 heteroatoms. The van der Waals surface area contributed by atoms with E-state index in [1.807, 2.05) is 0 Å². The molecule has 0 saturated heterocycles. The predicted molar refractivity (Wildman–Crippen MR) is 66.1 cm³/mol. The van der Waals surface area contributed by atoms with Crippen molar-refractivity contribution in [3.8, 4) is 0 Å². The Balaban J connectivity index is 1.78. The average molecular weight is 223 g/mol. The van der Waals surface area contributed by atoms with Gasteiger partial charge in [-0.25, -0.2) is 0 Å². The first-order chi connectivity index (χ1) is 7.81. The summed E-state index contributed by atoms with van der Waals surface area (Å²) >= 11 is 0. The van der Waals surface area contributed by atoms with Gasteiger partial charge in [-0.15, -0.1) is 0 Å². The third-order valence-electron chi connectivity index (χ3n) is 4.74. The number of ketones is 1. The fraction of sp³-hybridized carbons (Fsp3) is 0.929. The highest BCUT2D eigenvalue weighted by atomic mass is 16.1. The Hall–Kier alpha value is -0.370. The Kier molecular flexibility index (Phi) is 4.39. The van der Waals surface area contributed by atoms with E-state index in [1.165, 1.54) is 44.9 Å². The van der Waals surface area contributed by atoms with Crippen molar-refractivity contribution in [2.45, 2.75) is 57.8 Å². The summed E-state index contributed by atoms with van der Waals surface area (Å²) in [5.74, 6) is 2.48. The van der Waals surface area contributed by atoms with Crippen molar-refractivity contribution in [3.05, 3.63) is 0 Å². The second kappa shape index (κ2) is 5.81. The molecule has 2 nitrogen and oxygen atoms in total. The normalized spacial score (nSPS) is 32.6. The van der Waals surface area contributed by atoms with E-state index < -0.39 is 0 Å². The Morgan fingerprint density at radius 3 is 2.00 bits per heavy atom. The lowest BCUT2D eigenvalue weighted by Crippen LogP contribution is -2.30. The molecule has 2 aliphatic rings. The molecule has 0 amide bonds. The average Bonchev–Trinajstić information content (AvgIpc) is 2.39. The van der Waals surface area contributed by atoms with Gasteiger partial charge in [0.2, 0.25) is 0 Å². The Labute approximate surface area is 99.0 Å². The maximum atomic E-state index is 11.5. The first-order valence-corrected chi connectivity index (χ1v) is 7.04. The van der Waals surface area contributed by atoms with Crippen LogP contribution in [0.2, 0.25) is 0 Å². The van der Waals surface area contributed by atoms with E-state index in [-0.39, 0.29) is 6.54 Å². The number of rotatable bonds is 3. The van der Waals surface area contributed by atoms with Crippen molar-refractivity contribution in [2.24, 2.45) is 23.5 Å². The molecule has 0 aromatic rings. The van der Waals surface area contributed by atoms with Crippen LogP contribution in [-0.4, -0.2) is 12.3 Å². The molecule has 0 aromatic heterocycles. The monoisotopic (exact) mass is 223 g/mol. The maximum Gasteiger partial charge on any atom is 0.149 e. The minimum absolute atomic E-state index is 0.249. The molecule has 92 valence electrons. The lowest BCUT2D eigenvalue weighted by molar-refractivity contribution is -0.122. The number of carbonyl (C=O) groups excluding carboxylic acids is 1. The second-order valence-corrected chi connectivity index (χ2v) is 5.68. The summed E-state index contributed by atoms with van der Waals surface area (Å²) in [4.78, 5) is 11.5. The zero-order valence-corrected chi connectivity index (χ0v) is 10.3. The van der Waals surface area contributed by atoms with E-state index in [0.29, 0.717) is 11.7 Å². The highest BCUT2D eigenvalue weighted by Gasteiger charge is 2.30. The van der Waals surface area contributed by atoms with Gasteiger partial charge in [-0.3, -0.25) is 4.79 Å². The van der Waals surface area contributed by atoms with Gasteiger partial charge in [-0.2, -0.15) is 0 Å². The Bertz CT molecular complexity index is 225. The van der Waals surface area contributed by atoms with E-state index in [0.717, 1.165) is 24.7 Å². The topological polar surface area (TPSA) is 43.1 Å². The summed E-state index contributed by atoms with van der Waals surface area (Å²) in [5.41, 5.74) is 5.43. The maximum absolute atomic E-state index is 11.5. The number of hydrogen-bond donors (Lipinski definition) is 1. The summed E-state index contributed by atoms with van der Waals surface area (Å²) in [5, 5.41) is 0. The van der Waals surface area contributed by atoms with E-state index in [1.54, 1.807) is 0 Å². The number of nitrogens with two attached hydrogens (primary N) is 1. The molecule has 0 bridgehead atoms. The molecular weight excluding hydrogens is 198 g/mol. The molecule has 0 radical (unpaired) electrons. The van der Waals surface area contributed by atoms with Crippen LogP contribution in [0.15, 0.2) is 0 Å². The van der Waals surface area contributed by atoms with Crippen LogP contribution >= 0.6 is 0 Å². The van der Waals surface area contributed by atoms with Crippen LogP contribution in [0.5, 0.6) is 0 Å². The molecule has 0 unspecified atom stereocenters. The highest BCUT2D eigenvalue weighted by Crippen LogP contribution is 2.39. The molecule has 0 aliphatic heterocycles. The van der Waals surface area contributed by atoms with Crippen LogP contribution < -0.4 is 5.73 Å². The smallest absolute Gasteiger partial charge is 0.149 e. The number of hydrogen-bond acceptors (Lipinski definition) is 2. The summed E-state index contributed by atoms with van der Waals surface area (Å²) in [6.45, 7) is 0.249. The van der Waals surface area contributed by atoms with Gasteiger partial charge < -0.3 is 5.73 Å². The van der Waals surface area contributed by atoms with Crippen molar-refractivity contribution < 1.29 is 4.79 Å². The lowest BCUT2D eigenvalue weighted by Gasteiger charge is -2.35. The predicted octanol–water partition coefficient (Wildman–Crippen LogP) is 2.90. The first-order valence-electron chi connectivity index (χ1n) is 7.04. The van der Waals surface area contributed by atoms with E-state index >= 15 is 0 Å². The minimum atomic E-state index is 0.249. The molecule has 2 rings (SSSR count). The molecule has 2 aliphatic carbocycles.